The molecule has 0 fully saturated rings. The van der Waals surface area contributed by atoms with Crippen molar-refractivity contribution in [1.29, 1.82) is 0 Å². The number of aromatic nitrogens is 4. The third-order valence-corrected chi connectivity index (χ3v) is 5.43. The van der Waals surface area contributed by atoms with Crippen molar-refractivity contribution in [1.82, 2.24) is 24.2 Å². The highest BCUT2D eigenvalue weighted by Crippen LogP contribution is 2.28. The molecule has 0 aliphatic carbocycles. The Balaban J connectivity index is 1.95. The van der Waals surface area contributed by atoms with E-state index in [1.165, 1.54) is 28.5 Å². The summed E-state index contributed by atoms with van der Waals surface area (Å²) in [5.74, 6) is 1.08. The summed E-state index contributed by atoms with van der Waals surface area (Å²) in [7, 11) is 5.67. The maximum atomic E-state index is 13.4. The number of halogens is 1. The first-order chi connectivity index (χ1) is 12.9. The maximum Gasteiger partial charge on any atom is 0.250 e. The summed E-state index contributed by atoms with van der Waals surface area (Å²) in [6, 6.07) is 9.84. The normalized spacial score (nSPS) is 12.5. The summed E-state index contributed by atoms with van der Waals surface area (Å²) >= 11 is 1.49. The predicted octanol–water partition coefficient (Wildman–Crippen LogP) is 3.02. The van der Waals surface area contributed by atoms with E-state index in [1.807, 2.05) is 36.6 Å². The lowest BCUT2D eigenvalue weighted by atomic mass is 10.2. The van der Waals surface area contributed by atoms with E-state index in [2.05, 4.69) is 10.2 Å². The molecule has 0 saturated carbocycles. The van der Waals surface area contributed by atoms with Gasteiger partial charge in [-0.05, 0) is 56.9 Å². The highest BCUT2D eigenvalue weighted by molar-refractivity contribution is 7.98. The largest absolute Gasteiger partial charge is 0.319 e. The van der Waals surface area contributed by atoms with Crippen molar-refractivity contribution in [2.45, 2.75) is 23.9 Å². The van der Waals surface area contributed by atoms with Crippen LogP contribution in [0.2, 0.25) is 0 Å². The van der Waals surface area contributed by atoms with E-state index < -0.39 is 0 Å². The fourth-order valence-corrected chi connectivity index (χ4v) is 3.44. The molecule has 0 bridgehead atoms. The van der Waals surface area contributed by atoms with Gasteiger partial charge in [0.05, 0.1) is 6.04 Å². The molecular weight excluding hydrogens is 365 g/mol. The Morgan fingerprint density at radius 1 is 1.19 bits per heavy atom. The molecule has 8 heteroatoms. The van der Waals surface area contributed by atoms with Crippen molar-refractivity contribution in [3.63, 3.8) is 0 Å². The van der Waals surface area contributed by atoms with Gasteiger partial charge in [0.1, 0.15) is 5.82 Å². The number of aryl methyl sites for hydroxylation is 1. The first-order valence-electron chi connectivity index (χ1n) is 8.53. The van der Waals surface area contributed by atoms with Crippen molar-refractivity contribution in [2.75, 3.05) is 14.1 Å². The van der Waals surface area contributed by atoms with E-state index in [0.717, 1.165) is 17.1 Å². The molecule has 0 spiro atoms. The average molecular weight is 387 g/mol. The van der Waals surface area contributed by atoms with Crippen LogP contribution < -0.4 is 5.56 Å². The van der Waals surface area contributed by atoms with Gasteiger partial charge in [0, 0.05) is 30.8 Å². The Labute approximate surface area is 161 Å². The number of pyridine rings is 1. The van der Waals surface area contributed by atoms with Gasteiger partial charge in [0.15, 0.2) is 11.0 Å². The van der Waals surface area contributed by atoms with E-state index >= 15 is 0 Å². The van der Waals surface area contributed by atoms with Crippen LogP contribution in [-0.2, 0) is 12.8 Å². The zero-order chi connectivity index (χ0) is 19.6. The summed E-state index contributed by atoms with van der Waals surface area (Å²) in [6.07, 6.45) is 1.75. The van der Waals surface area contributed by atoms with Crippen LogP contribution in [0, 0.1) is 5.82 Å². The standard InChI is InChI=1S/C19H22FN5OS/c1-13(23(2)3)18-21-22-19(25(18)16-7-5-15(20)6-8-16)27-12-14-9-10-24(4)17(26)11-14/h5-11,13H,12H2,1-4H3/t13-/m1/s1. The summed E-state index contributed by atoms with van der Waals surface area (Å²) < 4.78 is 16.8. The fraction of sp³-hybridized carbons (Fsp3) is 0.316. The molecule has 0 radical (unpaired) electrons. The number of thioether (sulfide) groups is 1. The molecule has 1 atom stereocenters. The van der Waals surface area contributed by atoms with Crippen LogP contribution in [0.4, 0.5) is 4.39 Å². The van der Waals surface area contributed by atoms with Gasteiger partial charge in [0.2, 0.25) is 0 Å². The third-order valence-electron chi connectivity index (χ3n) is 4.43. The Hall–Kier alpha value is -2.45. The van der Waals surface area contributed by atoms with Crippen LogP contribution in [0.3, 0.4) is 0 Å². The Morgan fingerprint density at radius 3 is 2.52 bits per heavy atom. The molecule has 0 unspecified atom stereocenters. The van der Waals surface area contributed by atoms with Gasteiger partial charge < -0.3 is 4.57 Å². The molecule has 2 aromatic heterocycles. The second-order valence-corrected chi connectivity index (χ2v) is 7.51. The Morgan fingerprint density at radius 2 is 1.89 bits per heavy atom. The molecule has 3 aromatic rings. The van der Waals surface area contributed by atoms with Crippen LogP contribution >= 0.6 is 11.8 Å². The highest BCUT2D eigenvalue weighted by Gasteiger charge is 2.21. The molecule has 0 aliphatic rings. The van der Waals surface area contributed by atoms with Gasteiger partial charge in [-0.1, -0.05) is 11.8 Å². The summed E-state index contributed by atoms with van der Waals surface area (Å²) in [4.78, 5) is 13.9. The topological polar surface area (TPSA) is 56.0 Å². The van der Waals surface area contributed by atoms with Gasteiger partial charge in [-0.25, -0.2) is 4.39 Å². The number of nitrogens with zero attached hydrogens (tertiary/aromatic N) is 5. The summed E-state index contributed by atoms with van der Waals surface area (Å²) in [5.41, 5.74) is 1.67. The van der Waals surface area contributed by atoms with E-state index in [4.69, 9.17) is 0 Å². The Kier molecular flexibility index (Phi) is 5.76. The van der Waals surface area contributed by atoms with Crippen molar-refractivity contribution in [3.05, 3.63) is 70.2 Å². The molecule has 3 rings (SSSR count). The zero-order valence-corrected chi connectivity index (χ0v) is 16.6. The lowest BCUT2D eigenvalue weighted by molar-refractivity contribution is 0.305. The molecule has 0 aliphatic heterocycles. The minimum atomic E-state index is -0.289. The molecule has 1 aromatic carbocycles. The first kappa shape index (κ1) is 19.3. The number of benzene rings is 1. The highest BCUT2D eigenvalue weighted by atomic mass is 32.2. The lowest BCUT2D eigenvalue weighted by Gasteiger charge is -2.20. The fourth-order valence-electron chi connectivity index (χ4n) is 2.54. The minimum Gasteiger partial charge on any atom is -0.319 e. The molecule has 2 heterocycles. The third kappa shape index (κ3) is 4.28. The zero-order valence-electron chi connectivity index (χ0n) is 15.8. The van der Waals surface area contributed by atoms with Gasteiger partial charge in [-0.15, -0.1) is 10.2 Å². The number of hydrogen-bond donors (Lipinski definition) is 0. The monoisotopic (exact) mass is 387 g/mol. The summed E-state index contributed by atoms with van der Waals surface area (Å²) in [5, 5.41) is 9.42. The molecule has 27 heavy (non-hydrogen) atoms. The van der Waals surface area contributed by atoms with Crippen LogP contribution in [0.5, 0.6) is 0 Å². The second-order valence-electron chi connectivity index (χ2n) is 6.56. The van der Waals surface area contributed by atoms with Crippen LogP contribution in [0.1, 0.15) is 24.4 Å². The quantitative estimate of drug-likeness (QED) is 0.609. The Bertz CT molecular complexity index is 981. The summed E-state index contributed by atoms with van der Waals surface area (Å²) in [6.45, 7) is 2.04. The second kappa shape index (κ2) is 8.06. The molecule has 142 valence electrons. The number of rotatable bonds is 6. The van der Waals surface area contributed by atoms with Crippen molar-refractivity contribution < 1.29 is 4.39 Å². The molecule has 0 saturated heterocycles. The van der Waals surface area contributed by atoms with Gasteiger partial charge in [-0.3, -0.25) is 14.3 Å². The van der Waals surface area contributed by atoms with Gasteiger partial charge >= 0.3 is 0 Å². The number of hydrogen-bond acceptors (Lipinski definition) is 5. The van der Waals surface area contributed by atoms with E-state index in [1.54, 1.807) is 31.4 Å². The average Bonchev–Trinajstić information content (AvgIpc) is 3.06. The van der Waals surface area contributed by atoms with Crippen LogP contribution in [0.15, 0.2) is 52.5 Å². The first-order valence-corrected chi connectivity index (χ1v) is 9.51. The molecule has 6 nitrogen and oxygen atoms in total. The van der Waals surface area contributed by atoms with Crippen molar-refractivity contribution in [2.24, 2.45) is 7.05 Å². The van der Waals surface area contributed by atoms with Crippen LogP contribution in [0.25, 0.3) is 5.69 Å². The molecule has 0 N–H and O–H groups in total. The van der Waals surface area contributed by atoms with E-state index in [9.17, 15) is 9.18 Å². The lowest BCUT2D eigenvalue weighted by Crippen LogP contribution is -2.20. The van der Waals surface area contributed by atoms with Gasteiger partial charge in [-0.2, -0.15) is 0 Å². The SMILES string of the molecule is C[C@H](c1nnc(SCc2ccn(C)c(=O)c2)n1-c1ccc(F)cc1)N(C)C. The predicted molar refractivity (Wildman–Crippen MR) is 105 cm³/mol. The van der Waals surface area contributed by atoms with Crippen molar-refractivity contribution >= 4 is 11.8 Å². The van der Waals surface area contributed by atoms with Crippen molar-refractivity contribution in [3.8, 4) is 5.69 Å². The maximum absolute atomic E-state index is 13.4. The van der Waals surface area contributed by atoms with Gasteiger partial charge in [0.25, 0.3) is 5.56 Å². The molecule has 0 amide bonds. The molecular formula is C19H22FN5OS. The van der Waals surface area contributed by atoms with E-state index in [0.29, 0.717) is 10.9 Å². The minimum absolute atomic E-state index is 0.0286. The smallest absolute Gasteiger partial charge is 0.250 e. The van der Waals surface area contributed by atoms with E-state index in [-0.39, 0.29) is 17.4 Å². The van der Waals surface area contributed by atoms with Crippen LogP contribution in [-0.4, -0.2) is 38.3 Å².